The second kappa shape index (κ2) is 7.02. The first kappa shape index (κ1) is 18.1. The van der Waals surface area contributed by atoms with Crippen LogP contribution in [0, 0.1) is 0 Å². The fraction of sp³-hybridized carbons (Fsp3) is 0.238. The molecule has 0 radical (unpaired) electrons. The Morgan fingerprint density at radius 3 is 2.67 bits per heavy atom. The van der Waals surface area contributed by atoms with Crippen LogP contribution in [-0.2, 0) is 6.54 Å². The number of fused-ring (bicyclic) bond motifs is 1. The summed E-state index contributed by atoms with van der Waals surface area (Å²) in [7, 11) is 0. The number of aromatic nitrogens is 1. The molecule has 0 bridgehead atoms. The third-order valence-corrected chi connectivity index (χ3v) is 6.47. The molecule has 1 aromatic heterocycles. The van der Waals surface area contributed by atoms with Crippen molar-refractivity contribution in [2.75, 3.05) is 0 Å². The van der Waals surface area contributed by atoms with Gasteiger partial charge in [0.05, 0.1) is 12.1 Å². The molecule has 4 nitrogen and oxygen atoms in total. The second-order valence-corrected chi connectivity index (χ2v) is 9.55. The number of nitrogens with one attached hydrogen (secondary N) is 1. The Bertz CT molecular complexity index is 1010. The fourth-order valence-electron chi connectivity index (χ4n) is 3.62. The third kappa shape index (κ3) is 3.47. The van der Waals surface area contributed by atoms with Crippen LogP contribution in [0.25, 0.3) is 10.9 Å². The first-order valence-corrected chi connectivity index (χ1v) is 10.1. The van der Waals surface area contributed by atoms with Crippen molar-refractivity contribution in [2.45, 2.75) is 31.3 Å². The van der Waals surface area contributed by atoms with E-state index in [2.05, 4.69) is 35.9 Å². The molecular formula is C21H22N3OS2+. The minimum atomic E-state index is -0.260. The maximum absolute atomic E-state index is 11.0. The van der Waals surface area contributed by atoms with E-state index < -0.39 is 0 Å². The van der Waals surface area contributed by atoms with Gasteiger partial charge < -0.3 is 4.98 Å². The lowest BCUT2D eigenvalue weighted by Crippen LogP contribution is -2.48. The van der Waals surface area contributed by atoms with Gasteiger partial charge in [0, 0.05) is 17.1 Å². The third-order valence-electron chi connectivity index (χ3n) is 4.84. The number of nitrogens with zero attached hydrogens (tertiary/aromatic N) is 2. The molecule has 4 rings (SSSR count). The number of H-pyrrole nitrogens is 1. The lowest BCUT2D eigenvalue weighted by molar-refractivity contribution is -0.808. The number of hydrogen-bond acceptors (Lipinski definition) is 3. The van der Waals surface area contributed by atoms with Gasteiger partial charge in [-0.2, -0.15) is 0 Å². The Morgan fingerprint density at radius 2 is 1.89 bits per heavy atom. The largest absolute Gasteiger partial charge is 0.360 e. The summed E-state index contributed by atoms with van der Waals surface area (Å²) >= 11 is 7.27. The number of hydrogen-bond donors (Lipinski definition) is 2. The van der Waals surface area contributed by atoms with E-state index in [-0.39, 0.29) is 10.9 Å². The highest BCUT2D eigenvalue weighted by Gasteiger charge is 2.52. The van der Waals surface area contributed by atoms with Gasteiger partial charge in [-0.15, -0.1) is 0 Å². The van der Waals surface area contributed by atoms with Gasteiger partial charge in [0.15, 0.2) is 0 Å². The van der Waals surface area contributed by atoms with Crippen LogP contribution in [0.5, 0.6) is 0 Å². The molecule has 0 saturated carbocycles. The van der Waals surface area contributed by atoms with Crippen molar-refractivity contribution in [1.82, 2.24) is 9.88 Å². The topological polar surface area (TPSA) is 42.3 Å². The first-order valence-electron chi connectivity index (χ1n) is 8.87. The van der Waals surface area contributed by atoms with E-state index in [1.807, 2.05) is 48.7 Å². The average Bonchev–Trinajstić information content (AvgIpc) is 3.14. The minimum Gasteiger partial charge on any atom is -0.360 e. The number of aromatic amines is 1. The van der Waals surface area contributed by atoms with Crippen LogP contribution in [0.1, 0.15) is 25.0 Å². The summed E-state index contributed by atoms with van der Waals surface area (Å²) in [5.41, 5.74) is 3.17. The van der Waals surface area contributed by atoms with E-state index in [4.69, 9.17) is 12.2 Å². The van der Waals surface area contributed by atoms with Crippen molar-refractivity contribution >= 4 is 45.4 Å². The monoisotopic (exact) mass is 396 g/mol. The van der Waals surface area contributed by atoms with Crippen molar-refractivity contribution < 1.29 is 9.95 Å². The Balaban J connectivity index is 1.70. The summed E-state index contributed by atoms with van der Waals surface area (Å²) in [5.74, 6) is 0. The summed E-state index contributed by atoms with van der Waals surface area (Å²) in [5, 5.41) is 12.1. The number of thioether (sulfide) groups is 1. The van der Waals surface area contributed by atoms with Crippen LogP contribution < -0.4 is 0 Å². The zero-order chi connectivity index (χ0) is 19.0. The van der Waals surface area contributed by atoms with Crippen LogP contribution in [0.15, 0.2) is 60.8 Å². The molecule has 3 aromatic rings. The number of rotatable bonds is 4. The number of benzene rings is 2. The fourth-order valence-corrected chi connectivity index (χ4v) is 5.50. The van der Waals surface area contributed by atoms with E-state index in [1.54, 1.807) is 18.0 Å². The highest BCUT2D eigenvalue weighted by atomic mass is 32.2. The highest BCUT2D eigenvalue weighted by molar-refractivity contribution is 8.24. The van der Waals surface area contributed by atoms with Gasteiger partial charge in [-0.25, -0.2) is 0 Å². The maximum Gasteiger partial charge on any atom is 0.292 e. The van der Waals surface area contributed by atoms with E-state index in [9.17, 15) is 5.21 Å². The molecule has 1 atom stereocenters. The van der Waals surface area contributed by atoms with E-state index in [1.165, 1.54) is 10.3 Å². The van der Waals surface area contributed by atoms with E-state index in [0.717, 1.165) is 20.8 Å². The molecule has 0 amide bonds. The summed E-state index contributed by atoms with van der Waals surface area (Å²) in [4.78, 5) is 5.35. The number of para-hydroxylation sites is 1. The van der Waals surface area contributed by atoms with E-state index in [0.29, 0.717) is 6.54 Å². The summed E-state index contributed by atoms with van der Waals surface area (Å²) in [6.07, 6.45) is 3.45. The van der Waals surface area contributed by atoms with Crippen LogP contribution >= 0.6 is 24.0 Å². The molecule has 0 aliphatic carbocycles. The number of hydroxylamine groups is 1. The highest BCUT2D eigenvalue weighted by Crippen LogP contribution is 2.42. The summed E-state index contributed by atoms with van der Waals surface area (Å²) in [6, 6.07) is 18.3. The van der Waals surface area contributed by atoms with Crippen molar-refractivity contribution in [3.8, 4) is 0 Å². The van der Waals surface area contributed by atoms with Crippen LogP contribution in [0.4, 0.5) is 0 Å². The smallest absolute Gasteiger partial charge is 0.292 e. The molecule has 1 fully saturated rings. The quantitative estimate of drug-likeness (QED) is 0.222. The van der Waals surface area contributed by atoms with Gasteiger partial charge in [-0.1, -0.05) is 72.5 Å². The SMILES string of the molecule is CC1(C)SC(=S)N(Cc2ccccc2)C1[N+](O)=Cc1c[nH]c2ccccc12. The molecule has 1 saturated heterocycles. The summed E-state index contributed by atoms with van der Waals surface area (Å²) in [6.45, 7) is 4.90. The van der Waals surface area contributed by atoms with Gasteiger partial charge in [-0.3, -0.25) is 10.1 Å². The van der Waals surface area contributed by atoms with Crippen molar-refractivity contribution in [3.63, 3.8) is 0 Å². The molecule has 138 valence electrons. The Morgan fingerprint density at radius 1 is 1.19 bits per heavy atom. The normalized spacial score (nSPS) is 19.8. The molecule has 1 unspecified atom stereocenters. The summed E-state index contributed by atoms with van der Waals surface area (Å²) < 4.78 is 1.87. The lowest BCUT2D eigenvalue weighted by Gasteiger charge is -2.25. The van der Waals surface area contributed by atoms with Gasteiger partial charge in [0.25, 0.3) is 6.17 Å². The lowest BCUT2D eigenvalue weighted by atomic mass is 10.1. The number of thiocarbonyl (C=S) groups is 1. The molecule has 2 heterocycles. The van der Waals surface area contributed by atoms with E-state index >= 15 is 0 Å². The molecule has 6 heteroatoms. The molecule has 0 spiro atoms. The van der Waals surface area contributed by atoms with Crippen molar-refractivity contribution in [1.29, 1.82) is 0 Å². The van der Waals surface area contributed by atoms with Crippen LogP contribution in [0.2, 0.25) is 0 Å². The van der Waals surface area contributed by atoms with Crippen molar-refractivity contribution in [3.05, 3.63) is 71.9 Å². The standard InChI is InChI=1S/C21H21N3OS2/c1-21(2)19(23(20(26)27-21)13-15-8-4-3-5-9-15)24(25)14-16-12-22-18-11-7-6-10-17(16)18/h3-12,14,19,25H,13H2,1-2H3/p+1. The Labute approximate surface area is 168 Å². The van der Waals surface area contributed by atoms with Gasteiger partial charge in [0.2, 0.25) is 6.21 Å². The Kier molecular flexibility index (Phi) is 4.70. The Hall–Kier alpha value is -2.31. The van der Waals surface area contributed by atoms with Crippen LogP contribution in [-0.4, -0.2) is 41.3 Å². The zero-order valence-corrected chi connectivity index (χ0v) is 16.9. The first-order chi connectivity index (χ1) is 13.0. The van der Waals surface area contributed by atoms with Gasteiger partial charge >= 0.3 is 0 Å². The molecule has 1 aliphatic heterocycles. The second-order valence-electron chi connectivity index (χ2n) is 7.26. The average molecular weight is 397 g/mol. The van der Waals surface area contributed by atoms with Gasteiger partial charge in [0.1, 0.15) is 9.07 Å². The molecule has 27 heavy (non-hydrogen) atoms. The molecule has 2 N–H and O–H groups in total. The van der Waals surface area contributed by atoms with Crippen LogP contribution in [0.3, 0.4) is 0 Å². The molecule has 1 aliphatic rings. The maximum atomic E-state index is 11.0. The van der Waals surface area contributed by atoms with Gasteiger partial charge in [-0.05, 0) is 30.2 Å². The minimum absolute atomic E-state index is 0.247. The predicted octanol–water partition coefficient (Wildman–Crippen LogP) is 4.63. The molecule has 2 aromatic carbocycles. The molecular weight excluding hydrogens is 374 g/mol. The zero-order valence-electron chi connectivity index (χ0n) is 15.3. The van der Waals surface area contributed by atoms with Crippen molar-refractivity contribution in [2.24, 2.45) is 0 Å². The predicted molar refractivity (Wildman–Crippen MR) is 116 cm³/mol.